The Balaban J connectivity index is 2.41. The van der Waals surface area contributed by atoms with Gasteiger partial charge in [0.15, 0.2) is 11.5 Å². The molecule has 0 aliphatic carbocycles. The fourth-order valence-electron chi connectivity index (χ4n) is 3.06. The van der Waals surface area contributed by atoms with E-state index in [9.17, 15) is 0 Å². The number of aryl methyl sites for hydroxylation is 1. The van der Waals surface area contributed by atoms with E-state index in [0.29, 0.717) is 13.2 Å². The molecule has 0 radical (unpaired) electrons. The molecule has 0 saturated carbocycles. The number of methoxy groups -OCH3 is 1. The summed E-state index contributed by atoms with van der Waals surface area (Å²) in [6.07, 6.45) is 8.40. The zero-order valence-corrected chi connectivity index (χ0v) is 18.0. The lowest BCUT2D eigenvalue weighted by Crippen LogP contribution is -2.02. The minimum atomic E-state index is 0.704. The molecule has 0 saturated heterocycles. The molecule has 0 bridgehead atoms. The van der Waals surface area contributed by atoms with Gasteiger partial charge in [-0.05, 0) is 67.6 Å². The van der Waals surface area contributed by atoms with Gasteiger partial charge in [0.05, 0.1) is 20.3 Å². The highest BCUT2D eigenvalue weighted by Gasteiger charge is 2.12. The van der Waals surface area contributed by atoms with E-state index < -0.39 is 0 Å². The van der Waals surface area contributed by atoms with Gasteiger partial charge < -0.3 is 14.2 Å². The molecule has 0 unspecified atom stereocenters. The third-order valence-electron chi connectivity index (χ3n) is 4.69. The van der Waals surface area contributed by atoms with E-state index in [-0.39, 0.29) is 0 Å². The Morgan fingerprint density at radius 1 is 0.857 bits per heavy atom. The highest BCUT2D eigenvalue weighted by atomic mass is 16.5. The topological polar surface area (TPSA) is 27.7 Å². The van der Waals surface area contributed by atoms with Gasteiger partial charge in [-0.1, -0.05) is 44.9 Å². The summed E-state index contributed by atoms with van der Waals surface area (Å²) in [4.78, 5) is 0. The highest BCUT2D eigenvalue weighted by Crippen LogP contribution is 2.37. The molecule has 0 aliphatic heterocycles. The summed E-state index contributed by atoms with van der Waals surface area (Å²) in [6.45, 7) is 9.88. The van der Waals surface area contributed by atoms with Gasteiger partial charge in [0.25, 0.3) is 0 Å². The van der Waals surface area contributed by atoms with Crippen molar-refractivity contribution < 1.29 is 14.2 Å². The number of ether oxygens (including phenoxy) is 3. The average molecular weight is 383 g/mol. The summed E-state index contributed by atoms with van der Waals surface area (Å²) < 4.78 is 17.6. The second-order valence-corrected chi connectivity index (χ2v) is 6.97. The van der Waals surface area contributed by atoms with Crippen molar-refractivity contribution in [2.45, 2.75) is 53.4 Å². The van der Waals surface area contributed by atoms with E-state index in [0.717, 1.165) is 54.1 Å². The molecule has 0 aromatic heterocycles. The number of rotatable bonds is 11. The lowest BCUT2D eigenvalue weighted by Gasteiger charge is -2.16. The van der Waals surface area contributed by atoms with E-state index in [2.05, 4.69) is 51.1 Å². The molecule has 152 valence electrons. The molecule has 0 heterocycles. The maximum atomic E-state index is 6.07. The quantitative estimate of drug-likeness (QED) is 0.389. The van der Waals surface area contributed by atoms with E-state index >= 15 is 0 Å². The third-order valence-corrected chi connectivity index (χ3v) is 4.69. The fourth-order valence-corrected chi connectivity index (χ4v) is 3.06. The Morgan fingerprint density at radius 3 is 2.14 bits per heavy atom. The van der Waals surface area contributed by atoms with Gasteiger partial charge in [-0.25, -0.2) is 0 Å². The Labute approximate surface area is 170 Å². The third kappa shape index (κ3) is 5.79. The van der Waals surface area contributed by atoms with Crippen LogP contribution in [-0.4, -0.2) is 20.3 Å². The van der Waals surface area contributed by atoms with Crippen LogP contribution in [0, 0.1) is 6.92 Å². The largest absolute Gasteiger partial charge is 0.496 e. The van der Waals surface area contributed by atoms with Crippen molar-refractivity contribution in [1.82, 2.24) is 0 Å². The minimum Gasteiger partial charge on any atom is -0.496 e. The van der Waals surface area contributed by atoms with Crippen LogP contribution < -0.4 is 14.2 Å². The molecule has 2 rings (SSSR count). The lowest BCUT2D eigenvalue weighted by molar-refractivity contribution is 0.262. The van der Waals surface area contributed by atoms with Crippen LogP contribution in [0.2, 0.25) is 0 Å². The number of benzene rings is 2. The summed E-state index contributed by atoms with van der Waals surface area (Å²) in [7, 11) is 1.71. The van der Waals surface area contributed by atoms with Crippen molar-refractivity contribution in [1.29, 1.82) is 0 Å². The molecule has 0 spiro atoms. The van der Waals surface area contributed by atoms with E-state index in [1.54, 1.807) is 7.11 Å². The smallest absolute Gasteiger partial charge is 0.161 e. The van der Waals surface area contributed by atoms with Crippen LogP contribution in [0.1, 0.15) is 57.6 Å². The predicted molar refractivity (Wildman–Crippen MR) is 119 cm³/mol. The van der Waals surface area contributed by atoms with Crippen LogP contribution in [0.5, 0.6) is 17.2 Å². The van der Waals surface area contributed by atoms with Crippen LogP contribution in [0.4, 0.5) is 0 Å². The minimum absolute atomic E-state index is 0.704. The van der Waals surface area contributed by atoms with Crippen molar-refractivity contribution in [3.8, 4) is 28.4 Å². The molecule has 2 aromatic rings. The first-order valence-electron chi connectivity index (χ1n) is 10.4. The lowest BCUT2D eigenvalue weighted by atomic mass is 9.96. The zero-order chi connectivity index (χ0) is 20.4. The van der Waals surface area contributed by atoms with Crippen molar-refractivity contribution in [3.05, 3.63) is 47.5 Å². The van der Waals surface area contributed by atoms with Gasteiger partial charge in [-0.15, -0.1) is 0 Å². The van der Waals surface area contributed by atoms with Crippen LogP contribution in [0.3, 0.4) is 0 Å². The number of unbranched alkanes of at least 4 members (excludes halogenated alkanes) is 2. The summed E-state index contributed by atoms with van der Waals surface area (Å²) in [5, 5.41) is 0. The molecule has 2 aromatic carbocycles. The van der Waals surface area contributed by atoms with Crippen LogP contribution in [-0.2, 0) is 0 Å². The maximum absolute atomic E-state index is 6.07. The molecule has 0 fully saturated rings. The first-order chi connectivity index (χ1) is 13.6. The van der Waals surface area contributed by atoms with Gasteiger partial charge in [-0.3, -0.25) is 0 Å². The first kappa shape index (κ1) is 21.9. The fraction of sp³-hybridized carbons (Fsp3) is 0.440. The second kappa shape index (κ2) is 11.4. The molecule has 28 heavy (non-hydrogen) atoms. The van der Waals surface area contributed by atoms with Crippen molar-refractivity contribution in [2.75, 3.05) is 20.3 Å². The Bertz CT molecular complexity index is 778. The molecular weight excluding hydrogens is 348 g/mol. The monoisotopic (exact) mass is 382 g/mol. The summed E-state index contributed by atoms with van der Waals surface area (Å²) >= 11 is 0. The van der Waals surface area contributed by atoms with Crippen LogP contribution in [0.15, 0.2) is 36.4 Å². The SMILES string of the molecule is C/C=C/c1cc(-c2ccc(OCCCC)c(OCCCC)c2)c(C)cc1OC. The molecule has 0 N–H and O–H groups in total. The molecular formula is C25H34O3. The number of hydrogen-bond acceptors (Lipinski definition) is 3. The van der Waals surface area contributed by atoms with Gasteiger partial charge in [-0.2, -0.15) is 0 Å². The maximum Gasteiger partial charge on any atom is 0.161 e. The van der Waals surface area contributed by atoms with Gasteiger partial charge >= 0.3 is 0 Å². The Kier molecular flexibility index (Phi) is 8.93. The average Bonchev–Trinajstić information content (AvgIpc) is 2.70. The van der Waals surface area contributed by atoms with Crippen molar-refractivity contribution >= 4 is 6.08 Å². The Hall–Kier alpha value is -2.42. The Morgan fingerprint density at radius 2 is 1.54 bits per heavy atom. The van der Waals surface area contributed by atoms with E-state index in [4.69, 9.17) is 14.2 Å². The van der Waals surface area contributed by atoms with Gasteiger partial charge in [0, 0.05) is 5.56 Å². The molecule has 3 heteroatoms. The normalized spacial score (nSPS) is 11.0. The van der Waals surface area contributed by atoms with E-state index in [1.165, 1.54) is 11.1 Å². The highest BCUT2D eigenvalue weighted by molar-refractivity contribution is 5.75. The molecule has 0 amide bonds. The standard InChI is InChI=1S/C25H34O3/c1-6-9-14-27-23-13-12-20(18-25(23)28-15-10-7-2)22-17-21(11-8-3)24(26-5)16-19(22)4/h8,11-13,16-18H,6-7,9-10,14-15H2,1-5H3/b11-8+. The second-order valence-electron chi connectivity index (χ2n) is 6.97. The predicted octanol–water partition coefficient (Wildman–Crippen LogP) is 7.06. The first-order valence-corrected chi connectivity index (χ1v) is 10.4. The molecule has 0 atom stereocenters. The van der Waals surface area contributed by atoms with Gasteiger partial charge in [0.2, 0.25) is 0 Å². The number of allylic oxidation sites excluding steroid dienone is 1. The molecule has 0 aliphatic rings. The van der Waals surface area contributed by atoms with E-state index in [1.807, 2.05) is 19.1 Å². The van der Waals surface area contributed by atoms with Crippen LogP contribution >= 0.6 is 0 Å². The van der Waals surface area contributed by atoms with Crippen molar-refractivity contribution in [3.63, 3.8) is 0 Å². The van der Waals surface area contributed by atoms with Gasteiger partial charge in [0.1, 0.15) is 5.75 Å². The summed E-state index contributed by atoms with van der Waals surface area (Å²) in [5.41, 5.74) is 4.54. The van der Waals surface area contributed by atoms with Crippen LogP contribution in [0.25, 0.3) is 17.2 Å². The number of hydrogen-bond donors (Lipinski definition) is 0. The van der Waals surface area contributed by atoms with Crippen molar-refractivity contribution in [2.24, 2.45) is 0 Å². The summed E-state index contributed by atoms with van der Waals surface area (Å²) in [5.74, 6) is 2.54. The summed E-state index contributed by atoms with van der Waals surface area (Å²) in [6, 6.07) is 10.5. The zero-order valence-electron chi connectivity index (χ0n) is 18.0. The molecule has 3 nitrogen and oxygen atoms in total.